The molecule has 0 fully saturated rings. The van der Waals surface area contributed by atoms with Crippen molar-refractivity contribution in [2.45, 2.75) is 0 Å². The van der Waals surface area contributed by atoms with Gasteiger partial charge in [-0.15, -0.1) is 11.3 Å². The lowest BCUT2D eigenvalue weighted by Crippen LogP contribution is -1.77. The van der Waals surface area contributed by atoms with Crippen molar-refractivity contribution >= 4 is 11.3 Å². The van der Waals surface area contributed by atoms with E-state index in [1.807, 2.05) is 11.4 Å². The van der Waals surface area contributed by atoms with E-state index in [-0.39, 0.29) is 0 Å². The van der Waals surface area contributed by atoms with Gasteiger partial charge in [0, 0.05) is 0 Å². The van der Waals surface area contributed by atoms with Crippen LogP contribution >= 0.6 is 11.3 Å². The fourth-order valence-electron chi connectivity index (χ4n) is 1.34. The van der Waals surface area contributed by atoms with Gasteiger partial charge in [-0.2, -0.15) is 0 Å². The van der Waals surface area contributed by atoms with Gasteiger partial charge in [-0.25, -0.2) is 9.97 Å². The lowest BCUT2D eigenvalue weighted by atomic mass is 10.2. The molecule has 3 heterocycles. The summed E-state index contributed by atoms with van der Waals surface area (Å²) in [7, 11) is 0. The van der Waals surface area contributed by atoms with E-state index in [0.717, 1.165) is 10.4 Å². The van der Waals surface area contributed by atoms with E-state index in [0.29, 0.717) is 11.8 Å². The number of hydrogen-bond acceptors (Lipinski definition) is 5. The van der Waals surface area contributed by atoms with Crippen molar-refractivity contribution in [2.75, 3.05) is 0 Å². The number of aromatic nitrogens is 2. The molecule has 0 unspecified atom stereocenters. The van der Waals surface area contributed by atoms with Crippen molar-refractivity contribution in [1.29, 1.82) is 0 Å². The Morgan fingerprint density at radius 3 is 2.40 bits per heavy atom. The molecule has 3 aromatic heterocycles. The average Bonchev–Trinajstić information content (AvgIpc) is 3.01. The first kappa shape index (κ1) is 8.43. The van der Waals surface area contributed by atoms with Gasteiger partial charge in [0.15, 0.2) is 0 Å². The van der Waals surface area contributed by atoms with Crippen molar-refractivity contribution in [2.24, 2.45) is 0 Å². The van der Waals surface area contributed by atoms with Crippen LogP contribution in [-0.4, -0.2) is 9.97 Å². The first-order valence-electron chi connectivity index (χ1n) is 4.32. The van der Waals surface area contributed by atoms with Crippen LogP contribution in [0, 0.1) is 0 Å². The number of nitrogens with zero attached hydrogens (tertiary/aromatic N) is 2. The molecule has 0 aliphatic rings. The lowest BCUT2D eigenvalue weighted by Gasteiger charge is -1.94. The summed E-state index contributed by atoms with van der Waals surface area (Å²) in [6.07, 6.45) is 6.33. The molecule has 0 aliphatic heterocycles. The number of rotatable bonds is 2. The van der Waals surface area contributed by atoms with Crippen LogP contribution in [0.15, 0.2) is 45.2 Å². The second-order valence-electron chi connectivity index (χ2n) is 2.84. The van der Waals surface area contributed by atoms with E-state index in [9.17, 15) is 0 Å². The van der Waals surface area contributed by atoms with Crippen LogP contribution in [0.4, 0.5) is 0 Å². The molecule has 0 N–H and O–H groups in total. The van der Waals surface area contributed by atoms with Crippen LogP contribution in [0.3, 0.4) is 0 Å². The smallest absolute Gasteiger partial charge is 0.236 e. The normalized spacial score (nSPS) is 10.7. The third-order valence-electron chi connectivity index (χ3n) is 1.95. The highest BCUT2D eigenvalue weighted by molar-refractivity contribution is 7.14. The fraction of sp³-hybridized carbons (Fsp3) is 0. The van der Waals surface area contributed by atoms with Crippen molar-refractivity contribution in [3.8, 4) is 22.2 Å². The van der Waals surface area contributed by atoms with Gasteiger partial charge in [0.05, 0.1) is 18.0 Å². The monoisotopic (exact) mass is 218 g/mol. The zero-order valence-corrected chi connectivity index (χ0v) is 8.40. The molecule has 0 saturated carbocycles. The predicted octanol–water partition coefficient (Wildman–Crippen LogP) is 3.06. The molecule has 4 nitrogen and oxygen atoms in total. The van der Waals surface area contributed by atoms with E-state index < -0.39 is 0 Å². The van der Waals surface area contributed by atoms with Gasteiger partial charge >= 0.3 is 0 Å². The van der Waals surface area contributed by atoms with Gasteiger partial charge in [-0.05, 0) is 11.4 Å². The summed E-state index contributed by atoms with van der Waals surface area (Å²) in [6, 6.07) is 1.94. The van der Waals surface area contributed by atoms with Gasteiger partial charge < -0.3 is 8.83 Å². The van der Waals surface area contributed by atoms with Gasteiger partial charge in [0.25, 0.3) is 0 Å². The third-order valence-corrected chi connectivity index (χ3v) is 2.86. The summed E-state index contributed by atoms with van der Waals surface area (Å²) in [4.78, 5) is 9.14. The zero-order valence-electron chi connectivity index (χ0n) is 7.58. The Balaban J connectivity index is 2.15. The summed E-state index contributed by atoms with van der Waals surface area (Å²) < 4.78 is 10.5. The van der Waals surface area contributed by atoms with Crippen LogP contribution in [0.25, 0.3) is 22.2 Å². The van der Waals surface area contributed by atoms with E-state index in [2.05, 4.69) is 9.97 Å². The quantitative estimate of drug-likeness (QED) is 0.663. The van der Waals surface area contributed by atoms with Gasteiger partial charge in [0.1, 0.15) is 17.4 Å². The molecule has 0 bridgehead atoms. The van der Waals surface area contributed by atoms with Crippen LogP contribution in [0.1, 0.15) is 0 Å². The molecule has 0 amide bonds. The van der Waals surface area contributed by atoms with E-state index >= 15 is 0 Å². The minimum Gasteiger partial charge on any atom is -0.444 e. The maximum absolute atomic E-state index is 5.25. The SMILES string of the molecule is c1coc(-c2ccsc2-c2ncco2)n1. The predicted molar refractivity (Wildman–Crippen MR) is 55.3 cm³/mol. The second-order valence-corrected chi connectivity index (χ2v) is 3.75. The molecule has 0 aliphatic carbocycles. The van der Waals surface area contributed by atoms with Crippen LogP contribution in [0.2, 0.25) is 0 Å². The van der Waals surface area contributed by atoms with E-state index in [1.54, 1.807) is 36.3 Å². The topological polar surface area (TPSA) is 52.1 Å². The third kappa shape index (κ3) is 1.37. The van der Waals surface area contributed by atoms with Crippen LogP contribution in [-0.2, 0) is 0 Å². The van der Waals surface area contributed by atoms with E-state index in [1.165, 1.54) is 0 Å². The standard InChI is InChI=1S/C10H6N2O2S/c1-6-15-8(10-12-3-5-14-10)7(1)9-11-2-4-13-9/h1-6H. The highest BCUT2D eigenvalue weighted by Gasteiger charge is 2.15. The van der Waals surface area contributed by atoms with Crippen molar-refractivity contribution < 1.29 is 8.83 Å². The first-order chi connectivity index (χ1) is 7.45. The van der Waals surface area contributed by atoms with Gasteiger partial charge in [0.2, 0.25) is 11.8 Å². The summed E-state index contributed by atoms with van der Waals surface area (Å²) in [5, 5.41) is 1.96. The Bertz CT molecular complexity index is 491. The molecule has 0 aromatic carbocycles. The summed E-state index contributed by atoms with van der Waals surface area (Å²) in [5.41, 5.74) is 0.910. The Hall–Kier alpha value is -1.88. The first-order valence-corrected chi connectivity index (χ1v) is 5.20. The maximum Gasteiger partial charge on any atom is 0.236 e. The Labute approximate surface area is 89.2 Å². The average molecular weight is 218 g/mol. The van der Waals surface area contributed by atoms with E-state index in [4.69, 9.17) is 8.83 Å². The van der Waals surface area contributed by atoms with Gasteiger partial charge in [-0.1, -0.05) is 0 Å². The molecule has 0 atom stereocenters. The summed E-state index contributed by atoms with van der Waals surface area (Å²) in [5.74, 6) is 1.18. The molecular formula is C10H6N2O2S. The maximum atomic E-state index is 5.25. The van der Waals surface area contributed by atoms with Crippen LogP contribution in [0.5, 0.6) is 0 Å². The Morgan fingerprint density at radius 1 is 1.00 bits per heavy atom. The number of hydrogen-bond donors (Lipinski definition) is 0. The van der Waals surface area contributed by atoms with Crippen molar-refractivity contribution in [3.05, 3.63) is 36.4 Å². The fourth-order valence-corrected chi connectivity index (χ4v) is 2.16. The Morgan fingerprint density at radius 2 is 1.73 bits per heavy atom. The van der Waals surface area contributed by atoms with Crippen molar-refractivity contribution in [1.82, 2.24) is 9.97 Å². The minimum absolute atomic E-state index is 0.587. The summed E-state index contributed by atoms with van der Waals surface area (Å²) in [6.45, 7) is 0. The molecule has 3 aromatic rings. The Kier molecular flexibility index (Phi) is 1.89. The number of oxazole rings is 2. The second kappa shape index (κ2) is 3.36. The molecule has 0 saturated heterocycles. The minimum atomic E-state index is 0.587. The van der Waals surface area contributed by atoms with Gasteiger partial charge in [-0.3, -0.25) is 0 Å². The molecule has 0 spiro atoms. The molecule has 5 heteroatoms. The molecule has 15 heavy (non-hydrogen) atoms. The van der Waals surface area contributed by atoms with Crippen LogP contribution < -0.4 is 0 Å². The molecule has 74 valence electrons. The molecule has 3 rings (SSSR count). The lowest BCUT2D eigenvalue weighted by molar-refractivity contribution is 0.568. The largest absolute Gasteiger partial charge is 0.444 e. The molecular weight excluding hydrogens is 212 g/mol. The van der Waals surface area contributed by atoms with Crippen molar-refractivity contribution in [3.63, 3.8) is 0 Å². The highest BCUT2D eigenvalue weighted by Crippen LogP contribution is 2.34. The molecule has 0 radical (unpaired) electrons. The summed E-state index contributed by atoms with van der Waals surface area (Å²) >= 11 is 1.55. The number of thiophene rings is 1. The highest BCUT2D eigenvalue weighted by atomic mass is 32.1. The zero-order chi connectivity index (χ0) is 10.1.